The van der Waals surface area contributed by atoms with E-state index in [2.05, 4.69) is 15.7 Å². The van der Waals surface area contributed by atoms with Crippen LogP contribution in [0, 0.1) is 5.82 Å². The summed E-state index contributed by atoms with van der Waals surface area (Å²) in [5.41, 5.74) is 2.51. The third kappa shape index (κ3) is 4.99. The van der Waals surface area contributed by atoms with Gasteiger partial charge < -0.3 is 20.4 Å². The normalized spacial score (nSPS) is 13.5. The zero-order chi connectivity index (χ0) is 20.1. The van der Waals surface area contributed by atoms with Crippen molar-refractivity contribution in [2.24, 2.45) is 0 Å². The van der Waals surface area contributed by atoms with E-state index >= 15 is 0 Å². The van der Waals surface area contributed by atoms with Gasteiger partial charge in [-0.1, -0.05) is 12.1 Å². The highest BCUT2D eigenvalue weighted by Crippen LogP contribution is 2.15. The Hall–Kier alpha value is -3.10. The number of urea groups is 2. The molecule has 0 saturated heterocycles. The van der Waals surface area contributed by atoms with Crippen LogP contribution in [0.2, 0.25) is 0 Å². The van der Waals surface area contributed by atoms with Crippen LogP contribution in [-0.4, -0.2) is 52.3 Å². The van der Waals surface area contributed by atoms with Gasteiger partial charge in [0.2, 0.25) is 0 Å². The van der Waals surface area contributed by atoms with Gasteiger partial charge in [0.15, 0.2) is 0 Å². The van der Waals surface area contributed by atoms with E-state index in [4.69, 9.17) is 0 Å². The van der Waals surface area contributed by atoms with Crippen molar-refractivity contribution in [2.75, 3.05) is 20.6 Å². The van der Waals surface area contributed by atoms with Crippen molar-refractivity contribution in [3.63, 3.8) is 0 Å². The van der Waals surface area contributed by atoms with Gasteiger partial charge in [-0.25, -0.2) is 14.0 Å². The Bertz CT molecular complexity index is 833. The quantitative estimate of drug-likeness (QED) is 0.839. The molecule has 2 heterocycles. The number of benzene rings is 1. The fraction of sp³-hybridized carbons (Fsp3) is 0.421. The fourth-order valence-electron chi connectivity index (χ4n) is 3.07. The van der Waals surface area contributed by atoms with Crippen LogP contribution >= 0.6 is 0 Å². The highest BCUT2D eigenvalue weighted by atomic mass is 19.1. The minimum atomic E-state index is -0.322. The summed E-state index contributed by atoms with van der Waals surface area (Å²) in [5, 5.41) is 10.0. The number of halogens is 1. The smallest absolute Gasteiger partial charge is 0.319 e. The largest absolute Gasteiger partial charge is 0.334 e. The lowest BCUT2D eigenvalue weighted by molar-refractivity contribution is 0.169. The molecule has 1 aromatic carbocycles. The minimum Gasteiger partial charge on any atom is -0.334 e. The predicted molar refractivity (Wildman–Crippen MR) is 102 cm³/mol. The van der Waals surface area contributed by atoms with E-state index in [0.717, 1.165) is 29.9 Å². The third-order valence-corrected chi connectivity index (χ3v) is 4.51. The maximum absolute atomic E-state index is 12.9. The van der Waals surface area contributed by atoms with Crippen molar-refractivity contribution < 1.29 is 14.0 Å². The molecule has 1 aliphatic rings. The van der Waals surface area contributed by atoms with Gasteiger partial charge >= 0.3 is 12.1 Å². The van der Waals surface area contributed by atoms with Crippen molar-refractivity contribution in [3.8, 4) is 0 Å². The van der Waals surface area contributed by atoms with E-state index in [9.17, 15) is 14.0 Å². The van der Waals surface area contributed by atoms with Crippen molar-refractivity contribution >= 4 is 12.1 Å². The first-order valence-electron chi connectivity index (χ1n) is 9.20. The average Bonchev–Trinajstić information content (AvgIpc) is 2.95. The van der Waals surface area contributed by atoms with E-state index in [0.29, 0.717) is 19.6 Å². The highest BCUT2D eigenvalue weighted by Gasteiger charge is 2.21. The molecule has 4 amide bonds. The van der Waals surface area contributed by atoms with Gasteiger partial charge in [-0.3, -0.25) is 4.68 Å². The van der Waals surface area contributed by atoms with Gasteiger partial charge in [-0.05, 0) is 30.2 Å². The Morgan fingerprint density at radius 3 is 2.57 bits per heavy atom. The van der Waals surface area contributed by atoms with Crippen molar-refractivity contribution in [2.45, 2.75) is 32.6 Å². The topological polar surface area (TPSA) is 82.5 Å². The monoisotopic (exact) mass is 388 g/mol. The van der Waals surface area contributed by atoms with E-state index in [1.54, 1.807) is 36.0 Å². The SMILES string of the molecule is CN(C)C(=O)N1CCCn2nc(CNC(=O)NCc3ccc(F)cc3)cc2C1. The molecule has 2 aromatic rings. The van der Waals surface area contributed by atoms with Gasteiger partial charge in [0.1, 0.15) is 5.82 Å². The molecule has 0 unspecified atom stereocenters. The van der Waals surface area contributed by atoms with Crippen molar-refractivity contribution in [1.29, 1.82) is 0 Å². The molecule has 2 N–H and O–H groups in total. The van der Waals surface area contributed by atoms with Gasteiger partial charge in [0, 0.05) is 33.7 Å². The molecular formula is C19H25FN6O2. The van der Waals surface area contributed by atoms with E-state index in [1.807, 2.05) is 10.7 Å². The number of carbonyl (C=O) groups excluding carboxylic acids is 2. The Morgan fingerprint density at radius 1 is 1.14 bits per heavy atom. The average molecular weight is 388 g/mol. The third-order valence-electron chi connectivity index (χ3n) is 4.51. The summed E-state index contributed by atoms with van der Waals surface area (Å²) in [5.74, 6) is -0.307. The highest BCUT2D eigenvalue weighted by molar-refractivity contribution is 5.74. The molecule has 0 spiro atoms. The van der Waals surface area contributed by atoms with Crippen LogP contribution in [-0.2, 0) is 26.2 Å². The Kier molecular flexibility index (Phi) is 6.13. The van der Waals surface area contributed by atoms with Gasteiger partial charge in [0.05, 0.1) is 24.5 Å². The Labute approximate surface area is 163 Å². The van der Waals surface area contributed by atoms with Crippen LogP contribution in [0.5, 0.6) is 0 Å². The van der Waals surface area contributed by atoms with Crippen LogP contribution in [0.1, 0.15) is 23.4 Å². The molecule has 0 saturated carbocycles. The Balaban J connectivity index is 1.52. The molecule has 8 nitrogen and oxygen atoms in total. The molecule has 0 aliphatic carbocycles. The van der Waals surface area contributed by atoms with Gasteiger partial charge in [-0.15, -0.1) is 0 Å². The summed E-state index contributed by atoms with van der Waals surface area (Å²) in [6.07, 6.45) is 0.833. The number of aryl methyl sites for hydroxylation is 1. The molecule has 3 rings (SSSR count). The molecule has 0 bridgehead atoms. The van der Waals surface area contributed by atoms with Crippen molar-refractivity contribution in [1.82, 2.24) is 30.2 Å². The zero-order valence-electron chi connectivity index (χ0n) is 16.1. The number of carbonyl (C=O) groups is 2. The lowest BCUT2D eigenvalue weighted by Gasteiger charge is -2.23. The second-order valence-corrected chi connectivity index (χ2v) is 6.96. The number of nitrogens with zero attached hydrogens (tertiary/aromatic N) is 4. The van der Waals surface area contributed by atoms with Crippen LogP contribution < -0.4 is 10.6 Å². The lowest BCUT2D eigenvalue weighted by atomic mass is 10.2. The standard InChI is InChI=1S/C19H25FN6O2/c1-24(2)19(28)25-8-3-9-26-17(13-25)10-16(23-26)12-22-18(27)21-11-14-4-6-15(20)7-5-14/h4-7,10H,3,8-9,11-13H2,1-2H3,(H2,21,22,27). The second-order valence-electron chi connectivity index (χ2n) is 6.96. The summed E-state index contributed by atoms with van der Waals surface area (Å²) in [7, 11) is 3.48. The molecular weight excluding hydrogens is 363 g/mol. The Morgan fingerprint density at radius 2 is 1.86 bits per heavy atom. The summed E-state index contributed by atoms with van der Waals surface area (Å²) in [6.45, 7) is 2.54. The van der Waals surface area contributed by atoms with Crippen LogP contribution in [0.3, 0.4) is 0 Å². The van der Waals surface area contributed by atoms with E-state index in [-0.39, 0.29) is 24.4 Å². The minimum absolute atomic E-state index is 0.0190. The first-order valence-corrected chi connectivity index (χ1v) is 9.20. The molecule has 28 heavy (non-hydrogen) atoms. The molecule has 1 aliphatic heterocycles. The summed E-state index contributed by atoms with van der Waals surface area (Å²) >= 11 is 0. The molecule has 0 fully saturated rings. The fourth-order valence-corrected chi connectivity index (χ4v) is 3.07. The van der Waals surface area contributed by atoms with Crippen LogP contribution in [0.25, 0.3) is 0 Å². The molecule has 0 radical (unpaired) electrons. The van der Waals surface area contributed by atoms with Gasteiger partial charge in [-0.2, -0.15) is 5.10 Å². The number of fused-ring (bicyclic) bond motifs is 1. The molecule has 150 valence electrons. The number of aromatic nitrogens is 2. The van der Waals surface area contributed by atoms with E-state index in [1.165, 1.54) is 12.1 Å². The maximum Gasteiger partial charge on any atom is 0.319 e. The summed E-state index contributed by atoms with van der Waals surface area (Å²) in [6, 6.07) is 7.55. The number of hydrogen-bond donors (Lipinski definition) is 2. The van der Waals surface area contributed by atoms with Gasteiger partial charge in [0.25, 0.3) is 0 Å². The number of nitrogens with one attached hydrogen (secondary N) is 2. The zero-order valence-corrected chi connectivity index (χ0v) is 16.1. The second kappa shape index (κ2) is 8.73. The van der Waals surface area contributed by atoms with Crippen molar-refractivity contribution in [3.05, 3.63) is 53.1 Å². The summed E-state index contributed by atoms with van der Waals surface area (Å²) < 4.78 is 14.8. The first kappa shape index (κ1) is 19.7. The number of rotatable bonds is 4. The predicted octanol–water partition coefficient (Wildman–Crippen LogP) is 1.91. The lowest BCUT2D eigenvalue weighted by Crippen LogP contribution is -2.38. The first-order chi connectivity index (χ1) is 13.4. The van der Waals surface area contributed by atoms with Crippen LogP contribution in [0.15, 0.2) is 30.3 Å². The molecule has 0 atom stereocenters. The molecule has 1 aromatic heterocycles. The molecule has 9 heteroatoms. The maximum atomic E-state index is 12.9. The van der Waals surface area contributed by atoms with Crippen LogP contribution in [0.4, 0.5) is 14.0 Å². The number of amides is 4. The summed E-state index contributed by atoms with van der Waals surface area (Å²) in [4.78, 5) is 27.6. The van der Waals surface area contributed by atoms with E-state index < -0.39 is 0 Å². The number of hydrogen-bond acceptors (Lipinski definition) is 3.